The molecule has 1 N–H and O–H groups in total. The monoisotopic (exact) mass is 300 g/mol. The van der Waals surface area contributed by atoms with Crippen molar-refractivity contribution in [3.05, 3.63) is 33.9 Å². The lowest BCUT2D eigenvalue weighted by Gasteiger charge is -2.22. The van der Waals surface area contributed by atoms with Crippen molar-refractivity contribution in [2.45, 2.75) is 37.1 Å². The van der Waals surface area contributed by atoms with E-state index in [-0.39, 0.29) is 22.5 Å². The zero-order valence-corrected chi connectivity index (χ0v) is 12.9. The number of hydrogen-bond acceptors (Lipinski definition) is 5. The van der Waals surface area contributed by atoms with Crippen molar-refractivity contribution in [3.63, 3.8) is 0 Å². The quantitative estimate of drug-likeness (QED) is 0.642. The van der Waals surface area contributed by atoms with Crippen LogP contribution < -0.4 is 5.32 Å². The van der Waals surface area contributed by atoms with Gasteiger partial charge in [0.25, 0.3) is 5.69 Å². The summed E-state index contributed by atoms with van der Waals surface area (Å²) < 4.78 is 23.0. The fraction of sp³-hybridized carbons (Fsp3) is 0.538. The topological polar surface area (TPSA) is 89.3 Å². The molecule has 1 aromatic rings. The Morgan fingerprint density at radius 2 is 2.00 bits per heavy atom. The van der Waals surface area contributed by atoms with Gasteiger partial charge in [-0.3, -0.25) is 10.1 Å². The molecule has 0 aromatic heterocycles. The molecule has 7 heteroatoms. The highest BCUT2D eigenvalue weighted by Gasteiger charge is 2.25. The highest BCUT2D eigenvalue weighted by atomic mass is 32.2. The number of nitro benzene ring substituents is 1. The molecule has 0 radical (unpaired) electrons. The van der Waals surface area contributed by atoms with Gasteiger partial charge in [0, 0.05) is 29.8 Å². The number of sulfone groups is 1. The van der Waals surface area contributed by atoms with Crippen LogP contribution in [0.2, 0.25) is 0 Å². The SMILES string of the molecule is CCC(NC)C(C)c1ccc(S(C)(=O)=O)cc1[N+](=O)[O-]. The second kappa shape index (κ2) is 6.32. The number of nitro groups is 1. The minimum absolute atomic E-state index is 0.0299. The molecule has 0 saturated carbocycles. The second-order valence-electron chi connectivity index (χ2n) is 4.84. The van der Waals surface area contributed by atoms with E-state index in [4.69, 9.17) is 0 Å². The minimum Gasteiger partial charge on any atom is -0.316 e. The van der Waals surface area contributed by atoms with Crippen LogP contribution in [-0.2, 0) is 9.84 Å². The maximum absolute atomic E-state index is 11.5. The largest absolute Gasteiger partial charge is 0.316 e. The van der Waals surface area contributed by atoms with Crippen LogP contribution in [0.15, 0.2) is 23.1 Å². The van der Waals surface area contributed by atoms with Crippen molar-refractivity contribution in [1.82, 2.24) is 5.32 Å². The van der Waals surface area contributed by atoms with E-state index in [1.807, 2.05) is 13.8 Å². The predicted molar refractivity (Wildman–Crippen MR) is 77.8 cm³/mol. The number of rotatable bonds is 6. The molecule has 0 spiro atoms. The third kappa shape index (κ3) is 3.55. The standard InChI is InChI=1S/C13H20N2O4S/c1-5-12(14-3)9(2)11-7-6-10(20(4,18)19)8-13(11)15(16)17/h6-9,12,14H,5H2,1-4H3. The molecule has 0 saturated heterocycles. The Bertz CT molecular complexity index is 594. The third-order valence-electron chi connectivity index (χ3n) is 3.53. The van der Waals surface area contributed by atoms with Gasteiger partial charge in [-0.2, -0.15) is 0 Å². The summed E-state index contributed by atoms with van der Waals surface area (Å²) in [5.74, 6) is -0.0842. The molecule has 0 aliphatic heterocycles. The summed E-state index contributed by atoms with van der Waals surface area (Å²) in [6.07, 6.45) is 1.86. The minimum atomic E-state index is -3.45. The van der Waals surface area contributed by atoms with Crippen molar-refractivity contribution in [1.29, 1.82) is 0 Å². The maximum atomic E-state index is 11.5. The van der Waals surface area contributed by atoms with Crippen molar-refractivity contribution in [2.75, 3.05) is 13.3 Å². The van der Waals surface area contributed by atoms with E-state index < -0.39 is 14.8 Å². The lowest BCUT2D eigenvalue weighted by molar-refractivity contribution is -0.386. The van der Waals surface area contributed by atoms with E-state index in [0.717, 1.165) is 18.7 Å². The van der Waals surface area contributed by atoms with E-state index in [1.54, 1.807) is 13.1 Å². The highest BCUT2D eigenvalue weighted by Crippen LogP contribution is 2.31. The molecule has 112 valence electrons. The van der Waals surface area contributed by atoms with Crippen LogP contribution in [0.25, 0.3) is 0 Å². The van der Waals surface area contributed by atoms with Crippen molar-refractivity contribution < 1.29 is 13.3 Å². The van der Waals surface area contributed by atoms with Gasteiger partial charge in [-0.15, -0.1) is 0 Å². The summed E-state index contributed by atoms with van der Waals surface area (Å²) in [5, 5.41) is 14.3. The first kappa shape index (κ1) is 16.6. The average Bonchev–Trinajstić information content (AvgIpc) is 2.38. The van der Waals surface area contributed by atoms with Crippen LogP contribution in [0, 0.1) is 10.1 Å². The molecule has 20 heavy (non-hydrogen) atoms. The average molecular weight is 300 g/mol. The first-order chi connectivity index (χ1) is 9.22. The maximum Gasteiger partial charge on any atom is 0.274 e. The van der Waals surface area contributed by atoms with Gasteiger partial charge >= 0.3 is 0 Å². The van der Waals surface area contributed by atoms with Crippen molar-refractivity contribution in [2.24, 2.45) is 0 Å². The van der Waals surface area contributed by atoms with Crippen LogP contribution in [0.4, 0.5) is 5.69 Å². The van der Waals surface area contributed by atoms with E-state index >= 15 is 0 Å². The fourth-order valence-corrected chi connectivity index (χ4v) is 2.96. The lowest BCUT2D eigenvalue weighted by atomic mass is 9.90. The van der Waals surface area contributed by atoms with Crippen LogP contribution in [-0.4, -0.2) is 32.7 Å². The summed E-state index contributed by atoms with van der Waals surface area (Å²) in [6.45, 7) is 3.89. The lowest BCUT2D eigenvalue weighted by Crippen LogP contribution is -2.30. The van der Waals surface area contributed by atoms with Crippen LogP contribution in [0.1, 0.15) is 31.7 Å². The van der Waals surface area contributed by atoms with E-state index in [1.165, 1.54) is 6.07 Å². The van der Waals surface area contributed by atoms with Gasteiger partial charge in [-0.05, 0) is 19.5 Å². The first-order valence-corrected chi connectivity index (χ1v) is 8.27. The molecule has 0 fully saturated rings. The Kier molecular flexibility index (Phi) is 5.24. The van der Waals surface area contributed by atoms with Gasteiger partial charge in [0.15, 0.2) is 9.84 Å². The van der Waals surface area contributed by atoms with Crippen molar-refractivity contribution >= 4 is 15.5 Å². The molecule has 0 bridgehead atoms. The number of hydrogen-bond donors (Lipinski definition) is 1. The summed E-state index contributed by atoms with van der Waals surface area (Å²) in [6, 6.07) is 4.21. The molecular weight excluding hydrogens is 280 g/mol. The Hall–Kier alpha value is -1.47. The Labute approximate surface area is 119 Å². The van der Waals surface area contributed by atoms with Gasteiger partial charge < -0.3 is 5.32 Å². The Morgan fingerprint density at radius 1 is 1.40 bits per heavy atom. The first-order valence-electron chi connectivity index (χ1n) is 6.38. The summed E-state index contributed by atoms with van der Waals surface area (Å²) in [7, 11) is -1.65. The Morgan fingerprint density at radius 3 is 2.40 bits per heavy atom. The van der Waals surface area contributed by atoms with E-state index in [0.29, 0.717) is 5.56 Å². The van der Waals surface area contributed by atoms with Gasteiger partial charge in [-0.25, -0.2) is 8.42 Å². The summed E-state index contributed by atoms with van der Waals surface area (Å²) in [5.41, 5.74) is 0.401. The number of benzene rings is 1. The molecule has 1 rings (SSSR count). The smallest absolute Gasteiger partial charge is 0.274 e. The third-order valence-corrected chi connectivity index (χ3v) is 4.64. The number of nitrogens with zero attached hydrogens (tertiary/aromatic N) is 1. The zero-order valence-electron chi connectivity index (χ0n) is 12.1. The summed E-state index contributed by atoms with van der Waals surface area (Å²) >= 11 is 0. The molecule has 0 heterocycles. The van der Waals surface area contributed by atoms with E-state index in [2.05, 4.69) is 5.32 Å². The predicted octanol–water partition coefficient (Wildman–Crippen LogP) is 2.10. The molecule has 0 aliphatic carbocycles. The van der Waals surface area contributed by atoms with Crippen LogP contribution in [0.3, 0.4) is 0 Å². The molecular formula is C13H20N2O4S. The van der Waals surface area contributed by atoms with Gasteiger partial charge in [0.2, 0.25) is 0 Å². The van der Waals surface area contributed by atoms with Gasteiger partial charge in [0.1, 0.15) is 0 Å². The molecule has 0 amide bonds. The van der Waals surface area contributed by atoms with Crippen LogP contribution in [0.5, 0.6) is 0 Å². The van der Waals surface area contributed by atoms with Crippen LogP contribution >= 0.6 is 0 Å². The highest BCUT2D eigenvalue weighted by molar-refractivity contribution is 7.90. The van der Waals surface area contributed by atoms with E-state index in [9.17, 15) is 18.5 Å². The van der Waals surface area contributed by atoms with Gasteiger partial charge in [0.05, 0.1) is 9.82 Å². The molecule has 2 unspecified atom stereocenters. The normalized spacial score (nSPS) is 14.8. The molecule has 6 nitrogen and oxygen atoms in total. The second-order valence-corrected chi connectivity index (χ2v) is 6.86. The molecule has 1 aromatic carbocycles. The zero-order chi connectivity index (χ0) is 15.5. The fourth-order valence-electron chi connectivity index (χ4n) is 2.32. The van der Waals surface area contributed by atoms with Crippen molar-refractivity contribution in [3.8, 4) is 0 Å². The molecule has 2 atom stereocenters. The Balaban J connectivity index is 3.38. The summed E-state index contributed by atoms with van der Waals surface area (Å²) in [4.78, 5) is 10.6. The number of likely N-dealkylation sites (N-methyl/N-ethyl adjacent to an activating group) is 1. The number of nitrogens with one attached hydrogen (secondary N) is 1. The van der Waals surface area contributed by atoms with Gasteiger partial charge in [-0.1, -0.05) is 19.9 Å². The molecule has 0 aliphatic rings.